The maximum absolute atomic E-state index is 13.2. The Morgan fingerprint density at radius 3 is 2.33 bits per heavy atom. The van der Waals surface area contributed by atoms with E-state index in [0.29, 0.717) is 5.92 Å². The first-order chi connectivity index (χ1) is 11.4. The summed E-state index contributed by atoms with van der Waals surface area (Å²) in [6.45, 7) is 6.49. The van der Waals surface area contributed by atoms with Crippen molar-refractivity contribution in [3.05, 3.63) is 65.7 Å². The van der Waals surface area contributed by atoms with Gasteiger partial charge in [-0.15, -0.1) is 11.6 Å². The molecule has 0 N–H and O–H groups in total. The molecular formula is C21H25ClOS. The topological polar surface area (TPSA) is 17.1 Å². The van der Waals surface area contributed by atoms with Gasteiger partial charge in [0.2, 0.25) is 0 Å². The monoisotopic (exact) mass is 360 g/mol. The van der Waals surface area contributed by atoms with Gasteiger partial charge in [-0.05, 0) is 49.8 Å². The third-order valence-electron chi connectivity index (χ3n) is 5.81. The van der Waals surface area contributed by atoms with E-state index in [2.05, 4.69) is 38.1 Å². The van der Waals surface area contributed by atoms with E-state index < -0.39 is 15.0 Å². The highest BCUT2D eigenvalue weighted by molar-refractivity contribution is 7.88. The molecule has 0 aliphatic heterocycles. The van der Waals surface area contributed by atoms with Crippen molar-refractivity contribution in [2.24, 2.45) is 11.3 Å². The van der Waals surface area contributed by atoms with Crippen molar-refractivity contribution in [3.63, 3.8) is 0 Å². The second-order valence-electron chi connectivity index (χ2n) is 7.32. The van der Waals surface area contributed by atoms with Gasteiger partial charge < -0.3 is 0 Å². The Morgan fingerprint density at radius 2 is 1.75 bits per heavy atom. The summed E-state index contributed by atoms with van der Waals surface area (Å²) in [7, 11) is -1.20. The molecule has 0 heterocycles. The molecule has 2 aromatic carbocycles. The van der Waals surface area contributed by atoms with Crippen molar-refractivity contribution < 1.29 is 4.21 Å². The molecule has 1 aliphatic carbocycles. The first-order valence-electron chi connectivity index (χ1n) is 8.58. The van der Waals surface area contributed by atoms with Crippen LogP contribution < -0.4 is 0 Å². The Hall–Kier alpha value is -1.12. The van der Waals surface area contributed by atoms with Crippen molar-refractivity contribution in [1.29, 1.82) is 0 Å². The molecular weight excluding hydrogens is 336 g/mol. The van der Waals surface area contributed by atoms with Crippen LogP contribution in [0.25, 0.3) is 0 Å². The molecule has 24 heavy (non-hydrogen) atoms. The predicted molar refractivity (Wildman–Crippen MR) is 103 cm³/mol. The molecule has 128 valence electrons. The minimum absolute atomic E-state index is 0.125. The number of benzene rings is 2. The molecule has 3 rings (SSSR count). The summed E-state index contributed by atoms with van der Waals surface area (Å²) in [5.74, 6) is 0.480. The largest absolute Gasteiger partial charge is 0.252 e. The summed E-state index contributed by atoms with van der Waals surface area (Å²) in [5, 5.41) is 0. The van der Waals surface area contributed by atoms with Crippen LogP contribution in [0.15, 0.2) is 59.5 Å². The Balaban J connectivity index is 1.81. The van der Waals surface area contributed by atoms with Gasteiger partial charge in [-0.25, -0.2) is 0 Å². The lowest BCUT2D eigenvalue weighted by Crippen LogP contribution is -2.60. The smallest absolute Gasteiger partial charge is 0.130 e. The molecule has 0 saturated heterocycles. The SMILES string of the molecule is Cc1ccc(S(=O)C2(Cl)C[C@H](C)[C@@]2(C)CCc2ccccc2)cc1. The molecule has 1 nitrogen and oxygen atoms in total. The Bertz CT molecular complexity index is 727. The van der Waals surface area contributed by atoms with Crippen LogP contribution in [-0.4, -0.2) is 8.42 Å². The van der Waals surface area contributed by atoms with Gasteiger partial charge in [-0.1, -0.05) is 61.9 Å². The van der Waals surface area contributed by atoms with E-state index in [4.69, 9.17) is 11.6 Å². The summed E-state index contributed by atoms with van der Waals surface area (Å²) in [5.41, 5.74) is 2.37. The van der Waals surface area contributed by atoms with Gasteiger partial charge in [0.25, 0.3) is 0 Å². The molecule has 1 aliphatic rings. The van der Waals surface area contributed by atoms with Crippen LogP contribution >= 0.6 is 11.6 Å². The lowest BCUT2D eigenvalue weighted by atomic mass is 9.58. The highest BCUT2D eigenvalue weighted by Crippen LogP contribution is 2.63. The van der Waals surface area contributed by atoms with Gasteiger partial charge in [0.05, 0.1) is 10.8 Å². The van der Waals surface area contributed by atoms with Crippen LogP contribution in [0, 0.1) is 18.3 Å². The second kappa shape index (κ2) is 6.65. The molecule has 1 fully saturated rings. The molecule has 0 spiro atoms. The summed E-state index contributed by atoms with van der Waals surface area (Å²) in [6.07, 6.45) is 2.74. The maximum Gasteiger partial charge on any atom is 0.130 e. The van der Waals surface area contributed by atoms with E-state index in [9.17, 15) is 4.21 Å². The Kier molecular flexibility index (Phi) is 4.90. The van der Waals surface area contributed by atoms with Crippen LogP contribution in [0.5, 0.6) is 0 Å². The Labute approximate surface area is 152 Å². The van der Waals surface area contributed by atoms with Gasteiger partial charge in [-0.2, -0.15) is 0 Å². The van der Waals surface area contributed by atoms with E-state index in [-0.39, 0.29) is 5.41 Å². The zero-order chi connectivity index (χ0) is 17.4. The normalized spacial score (nSPS) is 30.6. The fraction of sp³-hybridized carbons (Fsp3) is 0.429. The maximum atomic E-state index is 13.2. The summed E-state index contributed by atoms with van der Waals surface area (Å²) in [6, 6.07) is 18.4. The molecule has 2 aromatic rings. The number of halogens is 1. The molecule has 0 radical (unpaired) electrons. The van der Waals surface area contributed by atoms with Crippen molar-refractivity contribution in [3.8, 4) is 0 Å². The third kappa shape index (κ3) is 2.95. The first kappa shape index (κ1) is 17.7. The number of rotatable bonds is 5. The lowest BCUT2D eigenvalue weighted by molar-refractivity contribution is 0.0406. The van der Waals surface area contributed by atoms with Crippen molar-refractivity contribution in [2.45, 2.75) is 49.1 Å². The van der Waals surface area contributed by atoms with Crippen LogP contribution in [0.4, 0.5) is 0 Å². The van der Waals surface area contributed by atoms with Crippen molar-refractivity contribution in [2.75, 3.05) is 0 Å². The van der Waals surface area contributed by atoms with E-state index in [1.807, 2.05) is 37.3 Å². The first-order valence-corrected chi connectivity index (χ1v) is 10.1. The van der Waals surface area contributed by atoms with Gasteiger partial charge in [-0.3, -0.25) is 4.21 Å². The molecule has 0 bridgehead atoms. The summed E-state index contributed by atoms with van der Waals surface area (Å²) in [4.78, 5) is 0.841. The fourth-order valence-corrected chi connectivity index (χ4v) is 6.37. The van der Waals surface area contributed by atoms with E-state index >= 15 is 0 Å². The van der Waals surface area contributed by atoms with Gasteiger partial charge in [0.1, 0.15) is 4.21 Å². The highest BCUT2D eigenvalue weighted by atomic mass is 35.5. The quantitative estimate of drug-likeness (QED) is 0.623. The average molecular weight is 361 g/mol. The Morgan fingerprint density at radius 1 is 1.12 bits per heavy atom. The predicted octanol–water partition coefficient (Wildman–Crippen LogP) is 5.72. The molecule has 1 saturated carbocycles. The molecule has 0 amide bonds. The molecule has 2 unspecified atom stereocenters. The average Bonchev–Trinajstić information content (AvgIpc) is 2.60. The van der Waals surface area contributed by atoms with Gasteiger partial charge in [0, 0.05) is 10.3 Å². The van der Waals surface area contributed by atoms with Gasteiger partial charge in [0.15, 0.2) is 0 Å². The zero-order valence-electron chi connectivity index (χ0n) is 14.6. The number of hydrogen-bond donors (Lipinski definition) is 0. The van der Waals surface area contributed by atoms with Crippen LogP contribution in [-0.2, 0) is 17.2 Å². The third-order valence-corrected chi connectivity index (χ3v) is 8.74. The summed E-state index contributed by atoms with van der Waals surface area (Å²) >= 11 is 7.00. The minimum atomic E-state index is -1.20. The summed E-state index contributed by atoms with van der Waals surface area (Å²) < 4.78 is 12.5. The van der Waals surface area contributed by atoms with Crippen LogP contribution in [0.3, 0.4) is 0 Å². The molecule has 3 heteroatoms. The van der Waals surface area contributed by atoms with Crippen molar-refractivity contribution >= 4 is 22.4 Å². The molecule has 4 atom stereocenters. The van der Waals surface area contributed by atoms with Gasteiger partial charge >= 0.3 is 0 Å². The number of aryl methyl sites for hydroxylation is 2. The van der Waals surface area contributed by atoms with E-state index in [1.54, 1.807) is 0 Å². The van der Waals surface area contributed by atoms with Crippen LogP contribution in [0.2, 0.25) is 0 Å². The zero-order valence-corrected chi connectivity index (χ0v) is 16.2. The second-order valence-corrected chi connectivity index (χ2v) is 9.89. The number of alkyl halides is 1. The molecule has 0 aromatic heterocycles. The lowest BCUT2D eigenvalue weighted by Gasteiger charge is -2.58. The van der Waals surface area contributed by atoms with Crippen molar-refractivity contribution in [1.82, 2.24) is 0 Å². The van der Waals surface area contributed by atoms with Crippen LogP contribution in [0.1, 0.15) is 37.8 Å². The van der Waals surface area contributed by atoms with E-state index in [1.165, 1.54) is 11.1 Å². The number of hydrogen-bond acceptors (Lipinski definition) is 1. The fourth-order valence-electron chi connectivity index (χ4n) is 3.71. The minimum Gasteiger partial charge on any atom is -0.252 e. The standard InChI is InChI=1S/C21H25ClOS/c1-16-9-11-19(12-10-16)24(23)21(22)15-17(2)20(21,3)14-13-18-7-5-4-6-8-18/h4-12,17H,13-15H2,1-3H3/t17-,20+,21?,24?/m0/s1. The highest BCUT2D eigenvalue weighted by Gasteiger charge is 2.63. The van der Waals surface area contributed by atoms with E-state index in [0.717, 1.165) is 24.2 Å².